The first-order chi connectivity index (χ1) is 18.5. The number of piperidine rings is 1. The van der Waals surface area contributed by atoms with E-state index in [2.05, 4.69) is 15.1 Å². The number of ketones is 1. The first kappa shape index (κ1) is 26.6. The zero-order chi connectivity index (χ0) is 27.9. The van der Waals surface area contributed by atoms with E-state index >= 15 is 0 Å². The van der Waals surface area contributed by atoms with Crippen molar-refractivity contribution in [3.05, 3.63) is 95.0 Å². The maximum atomic E-state index is 14.3. The van der Waals surface area contributed by atoms with Crippen LogP contribution in [0.3, 0.4) is 0 Å². The third-order valence-electron chi connectivity index (χ3n) is 7.49. The molecule has 11 heteroatoms. The molecule has 3 heterocycles. The predicted octanol–water partition coefficient (Wildman–Crippen LogP) is 3.78. The number of Topliss-reactive ketones (excluding diaryl/α,β-unsaturated/α-hetero) is 1. The molecule has 1 aliphatic carbocycles. The molecule has 2 aromatic heterocycles. The van der Waals surface area contributed by atoms with Gasteiger partial charge in [-0.2, -0.15) is 9.40 Å². The minimum atomic E-state index is -3.94. The van der Waals surface area contributed by atoms with Crippen molar-refractivity contribution >= 4 is 27.2 Å². The van der Waals surface area contributed by atoms with Crippen molar-refractivity contribution in [2.24, 2.45) is 23.2 Å². The van der Waals surface area contributed by atoms with Crippen LogP contribution in [0, 0.1) is 25.1 Å². The summed E-state index contributed by atoms with van der Waals surface area (Å²) < 4.78 is 43.8. The fraction of sp³-hybridized carbons (Fsp3) is 0.286. The zero-order valence-corrected chi connectivity index (χ0v) is 22.7. The Kier molecular flexibility index (Phi) is 6.81. The number of fused-ring (bicyclic) bond motifs is 1. The molecule has 39 heavy (non-hydrogen) atoms. The van der Waals surface area contributed by atoms with Crippen molar-refractivity contribution in [1.82, 2.24) is 19.1 Å². The van der Waals surface area contributed by atoms with E-state index in [9.17, 15) is 17.6 Å². The first-order valence-electron chi connectivity index (χ1n) is 12.5. The van der Waals surface area contributed by atoms with Gasteiger partial charge in [-0.05, 0) is 86.5 Å². The lowest BCUT2D eigenvalue weighted by Gasteiger charge is -2.45. The van der Waals surface area contributed by atoms with Gasteiger partial charge in [-0.15, -0.1) is 0 Å². The number of pyridine rings is 1. The number of sulfonamides is 1. The quantitative estimate of drug-likeness (QED) is 0.484. The lowest BCUT2D eigenvalue weighted by atomic mass is 9.64. The average molecular weight is 549 g/mol. The fourth-order valence-corrected chi connectivity index (χ4v) is 6.89. The SMILES string of the molecule is Cc1ccnc(C(=O)C23CC(=CN)C(=Nc4ccc(F)cc4)C=C2CCN(S(=O)(=O)c2cnn(C)c2C)C3)c1. The van der Waals surface area contributed by atoms with Crippen LogP contribution in [0.4, 0.5) is 10.1 Å². The van der Waals surface area contributed by atoms with E-state index in [0.717, 1.165) is 11.1 Å². The largest absolute Gasteiger partial charge is 0.404 e. The molecule has 5 rings (SSSR count). The van der Waals surface area contributed by atoms with Crippen molar-refractivity contribution in [2.75, 3.05) is 13.1 Å². The number of hydrogen-bond donors (Lipinski definition) is 1. The van der Waals surface area contributed by atoms with Gasteiger partial charge in [0.1, 0.15) is 16.4 Å². The lowest BCUT2D eigenvalue weighted by Crippen LogP contribution is -2.53. The van der Waals surface area contributed by atoms with Crippen molar-refractivity contribution in [3.8, 4) is 0 Å². The Balaban J connectivity index is 1.64. The summed E-state index contributed by atoms with van der Waals surface area (Å²) in [6.45, 7) is 3.67. The van der Waals surface area contributed by atoms with Crippen LogP contribution in [-0.4, -0.2) is 52.1 Å². The van der Waals surface area contributed by atoms with Crippen LogP contribution in [0.1, 0.15) is 34.6 Å². The molecule has 202 valence electrons. The van der Waals surface area contributed by atoms with Crippen LogP contribution in [0.2, 0.25) is 0 Å². The van der Waals surface area contributed by atoms with Crippen LogP contribution in [-0.2, 0) is 17.1 Å². The van der Waals surface area contributed by atoms with Gasteiger partial charge in [0.2, 0.25) is 10.0 Å². The van der Waals surface area contributed by atoms with Crippen LogP contribution in [0.5, 0.6) is 0 Å². The number of aryl methyl sites for hydroxylation is 2. The van der Waals surface area contributed by atoms with Crippen molar-refractivity contribution in [3.63, 3.8) is 0 Å². The molecule has 3 aromatic rings. The molecule has 2 aliphatic rings. The number of hydrogen-bond acceptors (Lipinski definition) is 7. The van der Waals surface area contributed by atoms with Crippen LogP contribution in [0.25, 0.3) is 0 Å². The Hall–Kier alpha value is -3.96. The van der Waals surface area contributed by atoms with Gasteiger partial charge in [0, 0.05) is 26.3 Å². The summed E-state index contributed by atoms with van der Waals surface area (Å²) in [7, 11) is -2.26. The summed E-state index contributed by atoms with van der Waals surface area (Å²) in [6, 6.07) is 9.27. The standard InChI is InChI=1S/C28H29FN6O3S/c1-18-8-10-31-25(12-18)27(36)28-14-20(15-30)24(33-23-6-4-22(29)5-7-23)13-21(28)9-11-35(17-28)39(37,38)26-16-32-34(3)19(26)2/h4-8,10,12-13,15-16H,9,11,14,17,30H2,1-3H3. The number of halogens is 1. The number of nitrogens with two attached hydrogens (primary N) is 1. The van der Waals surface area contributed by atoms with Crippen LogP contribution in [0.15, 0.2) is 82.1 Å². The van der Waals surface area contributed by atoms with Gasteiger partial charge in [-0.1, -0.05) is 5.57 Å². The van der Waals surface area contributed by atoms with Gasteiger partial charge in [-0.25, -0.2) is 17.8 Å². The molecule has 2 N–H and O–H groups in total. The minimum absolute atomic E-state index is 0.0782. The molecular formula is C28H29FN6O3S. The van der Waals surface area contributed by atoms with Gasteiger partial charge >= 0.3 is 0 Å². The van der Waals surface area contributed by atoms with Gasteiger partial charge in [0.15, 0.2) is 5.78 Å². The number of rotatable bonds is 5. The van der Waals surface area contributed by atoms with Gasteiger partial charge < -0.3 is 5.73 Å². The maximum absolute atomic E-state index is 14.3. The van der Waals surface area contributed by atoms with E-state index in [0.29, 0.717) is 29.1 Å². The van der Waals surface area contributed by atoms with Crippen molar-refractivity contribution in [1.29, 1.82) is 0 Å². The second-order valence-corrected chi connectivity index (χ2v) is 11.9. The number of carbonyl (C=O) groups is 1. The van der Waals surface area contributed by atoms with E-state index in [1.165, 1.54) is 33.5 Å². The molecule has 1 aliphatic heterocycles. The summed E-state index contributed by atoms with van der Waals surface area (Å²) in [5.74, 6) is -0.649. The molecule has 1 aromatic carbocycles. The Morgan fingerprint density at radius 3 is 2.59 bits per heavy atom. The monoisotopic (exact) mass is 548 g/mol. The molecule has 0 spiro atoms. The highest BCUT2D eigenvalue weighted by Gasteiger charge is 2.51. The molecule has 0 saturated carbocycles. The highest BCUT2D eigenvalue weighted by Crippen LogP contribution is 2.47. The molecule has 1 fully saturated rings. The highest BCUT2D eigenvalue weighted by molar-refractivity contribution is 7.89. The number of allylic oxidation sites excluding steroid dienone is 2. The van der Waals surface area contributed by atoms with E-state index in [1.807, 2.05) is 13.0 Å². The molecule has 0 bridgehead atoms. The van der Waals surface area contributed by atoms with Crippen LogP contribution < -0.4 is 5.73 Å². The molecule has 0 radical (unpaired) electrons. The summed E-state index contributed by atoms with van der Waals surface area (Å²) in [4.78, 5) is 23.4. The number of benzene rings is 1. The highest BCUT2D eigenvalue weighted by atomic mass is 32.2. The molecule has 0 amide bonds. The normalized spacial score (nSPS) is 22.1. The van der Waals surface area contributed by atoms with E-state index in [-0.39, 0.29) is 41.7 Å². The molecular weight excluding hydrogens is 519 g/mol. The Bertz CT molecular complexity index is 1660. The second kappa shape index (κ2) is 9.97. The number of nitrogens with zero attached hydrogens (tertiary/aromatic N) is 5. The molecule has 1 atom stereocenters. The Morgan fingerprint density at radius 2 is 1.95 bits per heavy atom. The number of carbonyl (C=O) groups excluding carboxylic acids is 1. The Labute approximate surface area is 226 Å². The fourth-order valence-electron chi connectivity index (χ4n) is 5.20. The minimum Gasteiger partial charge on any atom is -0.404 e. The molecule has 1 saturated heterocycles. The number of aromatic nitrogens is 3. The average Bonchev–Trinajstić information content (AvgIpc) is 3.27. The first-order valence-corrected chi connectivity index (χ1v) is 13.9. The summed E-state index contributed by atoms with van der Waals surface area (Å²) >= 11 is 0. The second-order valence-electron chi connectivity index (χ2n) is 9.95. The third-order valence-corrected chi connectivity index (χ3v) is 9.44. The molecule has 9 nitrogen and oxygen atoms in total. The topological polar surface area (TPSA) is 124 Å². The van der Waals surface area contributed by atoms with Crippen LogP contribution >= 0.6 is 0 Å². The zero-order valence-electron chi connectivity index (χ0n) is 21.9. The van der Waals surface area contributed by atoms with E-state index < -0.39 is 15.4 Å². The third kappa shape index (κ3) is 4.72. The number of aliphatic imine (C=N–C) groups is 1. The van der Waals surface area contributed by atoms with Crippen molar-refractivity contribution in [2.45, 2.75) is 31.6 Å². The summed E-state index contributed by atoms with van der Waals surface area (Å²) in [5.41, 5.74) is 8.89. The lowest BCUT2D eigenvalue weighted by molar-refractivity contribution is 0.0770. The van der Waals surface area contributed by atoms with E-state index in [1.54, 1.807) is 44.4 Å². The summed E-state index contributed by atoms with van der Waals surface area (Å²) in [5, 5.41) is 4.11. The van der Waals surface area contributed by atoms with E-state index in [4.69, 9.17) is 5.73 Å². The van der Waals surface area contributed by atoms with Crippen molar-refractivity contribution < 1.29 is 17.6 Å². The van der Waals surface area contributed by atoms with Gasteiger partial charge in [-0.3, -0.25) is 14.5 Å². The molecule has 1 unspecified atom stereocenters. The van der Waals surface area contributed by atoms with Gasteiger partial charge in [0.05, 0.1) is 28.7 Å². The Morgan fingerprint density at radius 1 is 1.21 bits per heavy atom. The smallest absolute Gasteiger partial charge is 0.246 e. The summed E-state index contributed by atoms with van der Waals surface area (Å²) in [6.07, 6.45) is 6.58. The van der Waals surface area contributed by atoms with Gasteiger partial charge in [0.25, 0.3) is 0 Å². The maximum Gasteiger partial charge on any atom is 0.246 e. The predicted molar refractivity (Wildman–Crippen MR) is 146 cm³/mol.